The minimum absolute atomic E-state index is 0.166. The quantitative estimate of drug-likeness (QED) is 0.607. The summed E-state index contributed by atoms with van der Waals surface area (Å²) in [7, 11) is -0.0866. The molecule has 0 aromatic heterocycles. The van der Waals surface area contributed by atoms with Gasteiger partial charge in [0.15, 0.2) is 0 Å². The second-order valence-corrected chi connectivity index (χ2v) is 4.67. The first-order valence-corrected chi connectivity index (χ1v) is 6.66. The molecule has 1 rings (SSSR count). The van der Waals surface area contributed by atoms with E-state index in [0.29, 0.717) is 11.2 Å². The van der Waals surface area contributed by atoms with Crippen LogP contribution in [0, 0.1) is 5.41 Å². The van der Waals surface area contributed by atoms with Gasteiger partial charge < -0.3 is 21.1 Å². The Kier molecular flexibility index (Phi) is 10.9. The van der Waals surface area contributed by atoms with Crippen LogP contribution in [0.5, 0.6) is 0 Å². The maximum absolute atomic E-state index is 11.7. The van der Waals surface area contributed by atoms with Crippen LogP contribution in [-0.4, -0.2) is 30.1 Å². The van der Waals surface area contributed by atoms with Crippen molar-refractivity contribution >= 4 is 24.2 Å². The summed E-state index contributed by atoms with van der Waals surface area (Å²) in [5.41, 5.74) is 4.70. The standard InChI is InChI=1S/C11H16BNO3.C2H6.CH5N/c1-11(2,3)10(14)13-9-7-5-4-6-8(9)12(15)16;2*1-2/h4-7,15-16H,1-3H3,(H,13,14);1-2H3;2H2,1H3. The highest BCUT2D eigenvalue weighted by Crippen LogP contribution is 2.16. The van der Waals surface area contributed by atoms with E-state index >= 15 is 0 Å². The van der Waals surface area contributed by atoms with Crippen molar-refractivity contribution in [1.29, 1.82) is 0 Å². The van der Waals surface area contributed by atoms with Crippen molar-refractivity contribution in [2.24, 2.45) is 11.1 Å². The molecule has 0 fully saturated rings. The topological polar surface area (TPSA) is 95.6 Å². The largest absolute Gasteiger partial charge is 0.490 e. The average Bonchev–Trinajstić information content (AvgIpc) is 2.42. The molecule has 1 aromatic carbocycles. The van der Waals surface area contributed by atoms with Crippen LogP contribution in [0.4, 0.5) is 5.69 Å². The minimum atomic E-state index is -1.59. The van der Waals surface area contributed by atoms with Crippen molar-refractivity contribution in [3.63, 3.8) is 0 Å². The number of anilines is 1. The smallest absolute Gasteiger partial charge is 0.423 e. The van der Waals surface area contributed by atoms with E-state index in [9.17, 15) is 4.79 Å². The molecule has 0 bridgehead atoms. The van der Waals surface area contributed by atoms with Crippen LogP contribution in [0.25, 0.3) is 0 Å². The molecule has 0 unspecified atom stereocenters. The second-order valence-electron chi connectivity index (χ2n) is 4.67. The highest BCUT2D eigenvalue weighted by molar-refractivity contribution is 6.60. The molecule has 0 aliphatic rings. The zero-order valence-corrected chi connectivity index (χ0v) is 13.3. The van der Waals surface area contributed by atoms with E-state index in [1.54, 1.807) is 45.0 Å². The van der Waals surface area contributed by atoms with E-state index in [2.05, 4.69) is 11.1 Å². The fourth-order valence-electron chi connectivity index (χ4n) is 1.15. The predicted molar refractivity (Wildman–Crippen MR) is 85.8 cm³/mol. The lowest BCUT2D eigenvalue weighted by atomic mass is 9.79. The third kappa shape index (κ3) is 7.28. The number of carbonyl (C=O) groups is 1. The SMILES string of the molecule is CC.CC(C)(C)C(=O)Nc1ccccc1B(O)O.CN. The summed E-state index contributed by atoms with van der Waals surface area (Å²) in [6.45, 7) is 9.38. The fourth-order valence-corrected chi connectivity index (χ4v) is 1.15. The summed E-state index contributed by atoms with van der Waals surface area (Å²) >= 11 is 0. The third-order valence-electron chi connectivity index (χ3n) is 2.17. The first-order valence-electron chi connectivity index (χ1n) is 6.66. The van der Waals surface area contributed by atoms with E-state index < -0.39 is 12.5 Å². The number of rotatable bonds is 2. The van der Waals surface area contributed by atoms with E-state index in [1.807, 2.05) is 13.8 Å². The predicted octanol–water partition coefficient (Wildman–Crippen LogP) is 0.952. The van der Waals surface area contributed by atoms with Crippen LogP contribution in [-0.2, 0) is 4.79 Å². The number of amides is 1. The number of para-hydroxylation sites is 1. The zero-order chi connectivity index (χ0) is 16.3. The Balaban J connectivity index is 0. The number of hydrogen-bond donors (Lipinski definition) is 4. The molecule has 20 heavy (non-hydrogen) atoms. The van der Waals surface area contributed by atoms with Crippen LogP contribution in [0.3, 0.4) is 0 Å². The van der Waals surface area contributed by atoms with Gasteiger partial charge >= 0.3 is 7.12 Å². The van der Waals surface area contributed by atoms with Gasteiger partial charge in [0.1, 0.15) is 0 Å². The van der Waals surface area contributed by atoms with E-state index in [1.165, 1.54) is 7.05 Å². The molecule has 1 amide bonds. The summed E-state index contributed by atoms with van der Waals surface area (Å²) in [6.07, 6.45) is 0. The lowest BCUT2D eigenvalue weighted by molar-refractivity contribution is -0.123. The molecule has 0 aliphatic carbocycles. The van der Waals surface area contributed by atoms with Gasteiger partial charge in [-0.25, -0.2) is 0 Å². The molecule has 0 aliphatic heterocycles. The van der Waals surface area contributed by atoms with Crippen LogP contribution >= 0.6 is 0 Å². The number of nitrogens with two attached hydrogens (primary N) is 1. The lowest BCUT2D eigenvalue weighted by Crippen LogP contribution is -2.36. The normalized spacial score (nSPS) is 9.45. The molecule has 5 N–H and O–H groups in total. The fraction of sp³-hybridized carbons (Fsp3) is 0.500. The average molecular weight is 282 g/mol. The number of carbonyl (C=O) groups excluding carboxylic acids is 1. The van der Waals surface area contributed by atoms with E-state index in [-0.39, 0.29) is 5.91 Å². The lowest BCUT2D eigenvalue weighted by Gasteiger charge is -2.19. The molecule has 0 spiro atoms. The molecule has 0 atom stereocenters. The highest BCUT2D eigenvalue weighted by Gasteiger charge is 2.23. The van der Waals surface area contributed by atoms with Gasteiger partial charge in [0.05, 0.1) is 0 Å². The van der Waals surface area contributed by atoms with Gasteiger partial charge in [-0.05, 0) is 13.1 Å². The van der Waals surface area contributed by atoms with Crippen molar-refractivity contribution in [3.8, 4) is 0 Å². The summed E-state index contributed by atoms with van der Waals surface area (Å²) < 4.78 is 0. The first kappa shape index (κ1) is 20.9. The minimum Gasteiger partial charge on any atom is -0.423 e. The number of benzene rings is 1. The zero-order valence-electron chi connectivity index (χ0n) is 13.3. The van der Waals surface area contributed by atoms with E-state index in [0.717, 1.165) is 0 Å². The summed E-state index contributed by atoms with van der Waals surface area (Å²) in [5.74, 6) is -0.166. The monoisotopic (exact) mass is 282 g/mol. The van der Waals surface area contributed by atoms with Crippen molar-refractivity contribution in [2.45, 2.75) is 34.6 Å². The Labute approximate surface area is 122 Å². The van der Waals surface area contributed by atoms with Gasteiger partial charge in [0.25, 0.3) is 0 Å². The number of nitrogens with one attached hydrogen (secondary N) is 1. The Morgan fingerprint density at radius 1 is 1.15 bits per heavy atom. The van der Waals surface area contributed by atoms with Gasteiger partial charge in [-0.15, -0.1) is 0 Å². The molecule has 0 radical (unpaired) electrons. The van der Waals surface area contributed by atoms with Crippen molar-refractivity contribution < 1.29 is 14.8 Å². The second kappa shape index (κ2) is 10.4. The van der Waals surface area contributed by atoms with Crippen molar-refractivity contribution in [3.05, 3.63) is 24.3 Å². The van der Waals surface area contributed by atoms with Crippen LogP contribution in [0.2, 0.25) is 0 Å². The Hall–Kier alpha value is -1.37. The molecule has 0 saturated heterocycles. The van der Waals surface area contributed by atoms with E-state index in [4.69, 9.17) is 10.0 Å². The van der Waals surface area contributed by atoms with Crippen LogP contribution in [0.1, 0.15) is 34.6 Å². The molecule has 5 nitrogen and oxygen atoms in total. The third-order valence-corrected chi connectivity index (χ3v) is 2.17. The van der Waals surface area contributed by atoms with Gasteiger partial charge in [-0.3, -0.25) is 4.79 Å². The highest BCUT2D eigenvalue weighted by atomic mass is 16.4. The molecule has 1 aromatic rings. The maximum atomic E-state index is 11.7. The molecular formula is C14H27BN2O3. The molecule has 0 heterocycles. The van der Waals surface area contributed by atoms with Gasteiger partial charge in [-0.1, -0.05) is 52.8 Å². The molecule has 114 valence electrons. The van der Waals surface area contributed by atoms with Gasteiger partial charge in [-0.2, -0.15) is 0 Å². The molecular weight excluding hydrogens is 255 g/mol. The Morgan fingerprint density at radius 3 is 2.00 bits per heavy atom. The Bertz CT molecular complexity index is 390. The summed E-state index contributed by atoms with van der Waals surface area (Å²) in [6, 6.07) is 6.60. The van der Waals surface area contributed by atoms with Gasteiger partial charge in [0.2, 0.25) is 5.91 Å². The summed E-state index contributed by atoms with van der Waals surface area (Å²) in [4.78, 5) is 11.7. The van der Waals surface area contributed by atoms with Crippen molar-refractivity contribution in [1.82, 2.24) is 0 Å². The van der Waals surface area contributed by atoms with Crippen molar-refractivity contribution in [2.75, 3.05) is 12.4 Å². The summed E-state index contributed by atoms with van der Waals surface area (Å²) in [5, 5.41) is 20.9. The Morgan fingerprint density at radius 2 is 1.60 bits per heavy atom. The first-order chi connectivity index (χ1) is 9.32. The van der Waals surface area contributed by atoms with Crippen LogP contribution in [0.15, 0.2) is 24.3 Å². The molecule has 6 heteroatoms. The van der Waals surface area contributed by atoms with Gasteiger partial charge in [0, 0.05) is 16.6 Å². The number of hydrogen-bond acceptors (Lipinski definition) is 4. The maximum Gasteiger partial charge on any atom is 0.490 e. The van der Waals surface area contributed by atoms with Crippen LogP contribution < -0.4 is 16.5 Å². The molecule has 0 saturated carbocycles.